The average molecular weight is 518 g/mol. The first-order chi connectivity index (χ1) is 15.9. The van der Waals surface area contributed by atoms with Crippen LogP contribution in [0.15, 0.2) is 36.5 Å². The minimum absolute atomic E-state index is 0.0378. The number of aromatic nitrogens is 3. The van der Waals surface area contributed by atoms with Crippen LogP contribution in [0.25, 0.3) is 5.82 Å². The van der Waals surface area contributed by atoms with E-state index in [0.717, 1.165) is 0 Å². The summed E-state index contributed by atoms with van der Waals surface area (Å²) in [5.41, 5.74) is 0.00534. The number of rotatable bonds is 5. The van der Waals surface area contributed by atoms with E-state index in [0.29, 0.717) is 5.56 Å². The van der Waals surface area contributed by atoms with Gasteiger partial charge in [-0.05, 0) is 49.7 Å². The monoisotopic (exact) mass is 517 g/mol. The van der Waals surface area contributed by atoms with Crippen LogP contribution in [0.3, 0.4) is 0 Å². The van der Waals surface area contributed by atoms with E-state index in [1.165, 1.54) is 23.0 Å². The van der Waals surface area contributed by atoms with Crippen molar-refractivity contribution in [2.75, 3.05) is 16.8 Å². The standard InChI is InChI=1S/C21H18BCl2N5O4S/c1-11-6-12(23)7-13(19(30)27-21(2)9-34(32,33)10-21)17(11)26-20(31)15-8-16(22)28-29(15)18-14(24)4-3-5-25-18/h3-8H,9-10H2,1-2H3,(H,26,31)(H,27,30). The lowest BCUT2D eigenvalue weighted by Crippen LogP contribution is -2.63. The van der Waals surface area contributed by atoms with Crippen LogP contribution < -0.4 is 16.2 Å². The van der Waals surface area contributed by atoms with Crippen molar-refractivity contribution in [1.29, 1.82) is 0 Å². The molecule has 13 heteroatoms. The molecule has 1 fully saturated rings. The topological polar surface area (TPSA) is 123 Å². The van der Waals surface area contributed by atoms with Crippen molar-refractivity contribution in [3.8, 4) is 5.82 Å². The van der Waals surface area contributed by atoms with Gasteiger partial charge in [-0.3, -0.25) is 9.59 Å². The number of amides is 2. The van der Waals surface area contributed by atoms with Crippen LogP contribution in [0.4, 0.5) is 5.69 Å². The molecule has 1 aliphatic rings. The molecule has 1 aromatic carbocycles. The first-order valence-electron chi connectivity index (χ1n) is 9.98. The van der Waals surface area contributed by atoms with Gasteiger partial charge < -0.3 is 10.6 Å². The van der Waals surface area contributed by atoms with E-state index in [1.54, 1.807) is 32.0 Å². The molecular weight excluding hydrogens is 500 g/mol. The number of halogens is 2. The molecular formula is C21H18BCl2N5O4S. The van der Waals surface area contributed by atoms with Crippen LogP contribution in [-0.4, -0.2) is 59.9 Å². The van der Waals surface area contributed by atoms with Crippen molar-refractivity contribution in [3.05, 3.63) is 63.4 Å². The summed E-state index contributed by atoms with van der Waals surface area (Å²) in [5.74, 6) is -1.33. The Hall–Kier alpha value is -2.89. The first kappa shape index (κ1) is 24.2. The second kappa shape index (κ2) is 8.72. The lowest BCUT2D eigenvalue weighted by molar-refractivity contribution is 0.0917. The maximum atomic E-state index is 13.2. The molecule has 1 aliphatic heterocycles. The fourth-order valence-electron chi connectivity index (χ4n) is 3.86. The van der Waals surface area contributed by atoms with Gasteiger partial charge in [-0.2, -0.15) is 5.10 Å². The largest absolute Gasteiger partial charge is 0.345 e. The van der Waals surface area contributed by atoms with Crippen molar-refractivity contribution in [3.63, 3.8) is 0 Å². The zero-order valence-corrected chi connectivity index (χ0v) is 20.4. The van der Waals surface area contributed by atoms with E-state index < -0.39 is 27.2 Å². The van der Waals surface area contributed by atoms with E-state index in [1.807, 2.05) is 0 Å². The summed E-state index contributed by atoms with van der Waals surface area (Å²) >= 11 is 12.4. The molecule has 2 radical (unpaired) electrons. The van der Waals surface area contributed by atoms with Gasteiger partial charge in [0, 0.05) is 16.8 Å². The Kier molecular flexibility index (Phi) is 6.22. The van der Waals surface area contributed by atoms with E-state index in [9.17, 15) is 18.0 Å². The van der Waals surface area contributed by atoms with E-state index >= 15 is 0 Å². The number of benzene rings is 1. The summed E-state index contributed by atoms with van der Waals surface area (Å²) in [6.45, 7) is 3.31. The van der Waals surface area contributed by atoms with Gasteiger partial charge in [-0.25, -0.2) is 18.1 Å². The minimum atomic E-state index is -3.18. The third-order valence-corrected chi connectivity index (χ3v) is 7.84. The van der Waals surface area contributed by atoms with Crippen LogP contribution in [-0.2, 0) is 9.84 Å². The maximum absolute atomic E-state index is 13.2. The zero-order chi connectivity index (χ0) is 24.8. The number of nitrogens with zero attached hydrogens (tertiary/aromatic N) is 3. The van der Waals surface area contributed by atoms with E-state index in [2.05, 4.69) is 20.7 Å². The predicted molar refractivity (Wildman–Crippen MR) is 130 cm³/mol. The molecule has 0 saturated carbocycles. The molecule has 4 rings (SSSR count). The quantitative estimate of drug-likeness (QED) is 0.498. The van der Waals surface area contributed by atoms with E-state index in [4.69, 9.17) is 31.0 Å². The second-order valence-corrected chi connectivity index (χ2v) is 11.2. The van der Waals surface area contributed by atoms with Gasteiger partial charge in [0.25, 0.3) is 11.8 Å². The van der Waals surface area contributed by atoms with Crippen LogP contribution in [0.5, 0.6) is 0 Å². The Morgan fingerprint density at radius 2 is 1.88 bits per heavy atom. The predicted octanol–water partition coefficient (Wildman–Crippen LogP) is 1.85. The number of carbonyl (C=O) groups is 2. The molecule has 0 spiro atoms. The lowest BCUT2D eigenvalue weighted by atomic mass is 10.0. The Morgan fingerprint density at radius 3 is 2.53 bits per heavy atom. The fraction of sp³-hybridized carbons (Fsp3) is 0.238. The maximum Gasteiger partial charge on any atom is 0.274 e. The van der Waals surface area contributed by atoms with Crippen LogP contribution in [0, 0.1) is 6.92 Å². The number of sulfone groups is 1. The highest BCUT2D eigenvalue weighted by molar-refractivity contribution is 7.93. The van der Waals surface area contributed by atoms with Crippen molar-refractivity contribution >= 4 is 64.0 Å². The number of pyridine rings is 1. The molecule has 174 valence electrons. The normalized spacial score (nSPS) is 15.9. The zero-order valence-electron chi connectivity index (χ0n) is 18.1. The number of hydrogen-bond acceptors (Lipinski definition) is 6. The molecule has 0 bridgehead atoms. The molecule has 1 saturated heterocycles. The highest BCUT2D eigenvalue weighted by Crippen LogP contribution is 2.29. The Balaban J connectivity index is 1.67. The SMILES string of the molecule is [B]c1cc(C(=O)Nc2c(C)cc(Cl)cc2C(=O)NC2(C)CS(=O)(=O)C2)n(-c2ncccc2Cl)n1. The van der Waals surface area contributed by atoms with Gasteiger partial charge in [0.15, 0.2) is 15.7 Å². The summed E-state index contributed by atoms with van der Waals surface area (Å²) in [7, 11) is 2.65. The summed E-state index contributed by atoms with van der Waals surface area (Å²) in [6.07, 6.45) is 1.49. The molecule has 34 heavy (non-hydrogen) atoms. The number of nitrogens with one attached hydrogen (secondary N) is 2. The number of anilines is 1. The second-order valence-electron chi connectivity index (χ2n) is 8.32. The molecule has 9 nitrogen and oxygen atoms in total. The highest BCUT2D eigenvalue weighted by atomic mass is 35.5. The molecule has 3 heterocycles. The molecule has 2 amide bonds. The lowest BCUT2D eigenvalue weighted by Gasteiger charge is -2.38. The smallest absolute Gasteiger partial charge is 0.274 e. The molecule has 2 N–H and O–H groups in total. The van der Waals surface area contributed by atoms with Crippen molar-refractivity contribution in [2.45, 2.75) is 19.4 Å². The Labute approximate surface area is 207 Å². The fourth-order valence-corrected chi connectivity index (χ4v) is 6.34. The summed E-state index contributed by atoms with van der Waals surface area (Å²) < 4.78 is 24.4. The van der Waals surface area contributed by atoms with E-state index in [-0.39, 0.29) is 49.9 Å². The average Bonchev–Trinajstić information content (AvgIpc) is 3.09. The summed E-state index contributed by atoms with van der Waals surface area (Å²) in [4.78, 5) is 30.5. The molecule has 3 aromatic rings. The van der Waals surface area contributed by atoms with Gasteiger partial charge in [0.05, 0.1) is 33.3 Å². The minimum Gasteiger partial charge on any atom is -0.345 e. The summed E-state index contributed by atoms with van der Waals surface area (Å²) in [5, 5.41) is 10.1. The molecule has 2 aromatic heterocycles. The van der Waals surface area contributed by atoms with Crippen molar-refractivity contribution in [2.24, 2.45) is 0 Å². The third kappa shape index (κ3) is 4.82. The van der Waals surface area contributed by atoms with Crippen molar-refractivity contribution in [1.82, 2.24) is 20.1 Å². The number of aryl methyl sites for hydroxylation is 1. The molecule has 0 unspecified atom stereocenters. The number of carbonyl (C=O) groups excluding carboxylic acids is 2. The summed E-state index contributed by atoms with van der Waals surface area (Å²) in [6, 6.07) is 7.57. The highest BCUT2D eigenvalue weighted by Gasteiger charge is 2.46. The van der Waals surface area contributed by atoms with Gasteiger partial charge in [0.1, 0.15) is 13.5 Å². The van der Waals surface area contributed by atoms with Crippen LogP contribution in [0.1, 0.15) is 33.3 Å². The first-order valence-corrected chi connectivity index (χ1v) is 12.6. The van der Waals surface area contributed by atoms with Gasteiger partial charge in [0.2, 0.25) is 0 Å². The third-order valence-electron chi connectivity index (χ3n) is 5.18. The van der Waals surface area contributed by atoms with Gasteiger partial charge in [-0.1, -0.05) is 23.2 Å². The Bertz CT molecular complexity index is 1430. The Morgan fingerprint density at radius 1 is 1.18 bits per heavy atom. The van der Waals surface area contributed by atoms with Crippen LogP contribution >= 0.6 is 23.2 Å². The molecule has 0 atom stereocenters. The molecule has 0 aliphatic carbocycles. The van der Waals surface area contributed by atoms with Crippen LogP contribution in [0.2, 0.25) is 10.0 Å². The van der Waals surface area contributed by atoms with Crippen molar-refractivity contribution < 1.29 is 18.0 Å². The van der Waals surface area contributed by atoms with Gasteiger partial charge >= 0.3 is 0 Å². The van der Waals surface area contributed by atoms with Gasteiger partial charge in [-0.15, -0.1) is 0 Å². The number of hydrogen-bond donors (Lipinski definition) is 2.